The monoisotopic (exact) mass is 588 g/mol. The summed E-state index contributed by atoms with van der Waals surface area (Å²) in [6, 6.07) is 6.45. The Bertz CT molecular complexity index is 1770. The number of anilines is 1. The molecule has 1 fully saturated rings. The summed E-state index contributed by atoms with van der Waals surface area (Å²) in [5.74, 6) is -2.71. The Morgan fingerprint density at radius 1 is 1.23 bits per heavy atom. The molecule has 2 atom stereocenters. The number of amides is 1. The number of nitrogens with one attached hydrogen (secondary N) is 2. The molecule has 1 aliphatic heterocycles. The molecule has 0 radical (unpaired) electrons. The third-order valence-electron chi connectivity index (χ3n) is 6.65. The van der Waals surface area contributed by atoms with E-state index in [0.717, 1.165) is 12.1 Å². The normalized spacial score (nSPS) is 22.6. The molecule has 0 spiro atoms. The zero-order valence-electron chi connectivity index (χ0n) is 20.8. The van der Waals surface area contributed by atoms with Crippen molar-refractivity contribution in [2.45, 2.75) is 9.83 Å². The van der Waals surface area contributed by atoms with Gasteiger partial charge in [-0.25, -0.2) is 26.8 Å². The number of ether oxygens (including phenoxy) is 1. The molecule has 16 heteroatoms. The third-order valence-corrected chi connectivity index (χ3v) is 10.5. The summed E-state index contributed by atoms with van der Waals surface area (Å²) in [6.45, 7) is 0.181. The minimum absolute atomic E-state index is 0.0229. The van der Waals surface area contributed by atoms with E-state index in [-0.39, 0.29) is 36.0 Å². The van der Waals surface area contributed by atoms with Crippen LogP contribution in [0.2, 0.25) is 0 Å². The third kappa shape index (κ3) is 4.91. The fourth-order valence-corrected chi connectivity index (χ4v) is 7.64. The predicted octanol–water partition coefficient (Wildman–Crippen LogP) is 1.30. The first-order valence-electron chi connectivity index (χ1n) is 11.9. The number of benzene rings is 1. The Hall–Kier alpha value is -4.28. The Balaban J connectivity index is 1.56. The minimum Gasteiger partial charge on any atom is -0.464 e. The van der Waals surface area contributed by atoms with E-state index in [1.54, 1.807) is 12.3 Å². The van der Waals surface area contributed by atoms with Crippen molar-refractivity contribution in [3.05, 3.63) is 77.1 Å². The molecule has 14 nitrogen and oxygen atoms in total. The number of carbonyl (C=O) groups is 1. The van der Waals surface area contributed by atoms with Crippen LogP contribution in [0.25, 0.3) is 11.0 Å². The average molecular weight is 589 g/mol. The van der Waals surface area contributed by atoms with Crippen molar-refractivity contribution in [3.8, 4) is 5.75 Å². The lowest BCUT2D eigenvalue weighted by molar-refractivity contribution is -0.384. The molecule has 1 amide bonds. The summed E-state index contributed by atoms with van der Waals surface area (Å²) in [5.41, 5.74) is 8.34. The maximum Gasteiger partial charge on any atom is 0.294 e. The number of fused-ring (bicyclic) bond motifs is 1. The number of nitrogens with two attached hydrogens (primary N) is 1. The van der Waals surface area contributed by atoms with E-state index in [2.05, 4.69) is 15.4 Å². The van der Waals surface area contributed by atoms with Gasteiger partial charge in [0.05, 0.1) is 27.5 Å². The van der Waals surface area contributed by atoms with Crippen molar-refractivity contribution in [3.63, 3.8) is 0 Å². The zero-order chi connectivity index (χ0) is 28.7. The van der Waals surface area contributed by atoms with Gasteiger partial charge in [-0.05, 0) is 30.3 Å². The molecule has 2 aromatic heterocycles. The van der Waals surface area contributed by atoms with E-state index >= 15 is 0 Å². The molecule has 1 saturated heterocycles. The van der Waals surface area contributed by atoms with Gasteiger partial charge < -0.3 is 20.9 Å². The highest BCUT2D eigenvalue weighted by Gasteiger charge is 2.54. The molecular weight excluding hydrogens is 564 g/mol. The summed E-state index contributed by atoms with van der Waals surface area (Å²) >= 11 is 0. The summed E-state index contributed by atoms with van der Waals surface area (Å²) < 4.78 is 57.9. The maximum absolute atomic E-state index is 14.2. The molecule has 4 N–H and O–H groups in total. The van der Waals surface area contributed by atoms with Crippen molar-refractivity contribution >= 4 is 48.0 Å². The van der Waals surface area contributed by atoms with E-state index in [0.29, 0.717) is 11.0 Å². The highest BCUT2D eigenvalue weighted by Crippen LogP contribution is 2.41. The number of H-pyrrole nitrogens is 1. The van der Waals surface area contributed by atoms with Gasteiger partial charge in [0.25, 0.3) is 5.69 Å². The smallest absolute Gasteiger partial charge is 0.294 e. The fraction of sp³-hybridized carbons (Fsp3) is 0.250. The van der Waals surface area contributed by atoms with Gasteiger partial charge in [-0.3, -0.25) is 14.9 Å². The van der Waals surface area contributed by atoms with Gasteiger partial charge >= 0.3 is 0 Å². The Labute approximate surface area is 228 Å². The van der Waals surface area contributed by atoms with Crippen molar-refractivity contribution in [1.29, 1.82) is 0 Å². The lowest BCUT2D eigenvalue weighted by atomic mass is 9.96. The highest BCUT2D eigenvalue weighted by molar-refractivity contribution is 7.93. The Kier molecular flexibility index (Phi) is 6.85. The molecule has 3 heterocycles. The van der Waals surface area contributed by atoms with Crippen molar-refractivity contribution in [1.82, 2.24) is 15.0 Å². The highest BCUT2D eigenvalue weighted by atomic mass is 32.2. The molecular formula is C24H24N6O8S2. The van der Waals surface area contributed by atoms with E-state index in [1.165, 1.54) is 47.6 Å². The van der Waals surface area contributed by atoms with Crippen molar-refractivity contribution in [2.24, 2.45) is 11.7 Å². The molecule has 1 aromatic carbocycles. The van der Waals surface area contributed by atoms with Crippen LogP contribution in [0.15, 0.2) is 71.9 Å². The fourth-order valence-electron chi connectivity index (χ4n) is 4.57. The van der Waals surface area contributed by atoms with Crippen LogP contribution in [0, 0.1) is 16.0 Å². The van der Waals surface area contributed by atoms with Gasteiger partial charge in [0, 0.05) is 30.7 Å². The molecule has 2 unspecified atom stereocenters. The van der Waals surface area contributed by atoms with Crippen LogP contribution in [-0.4, -0.2) is 72.2 Å². The molecule has 0 bridgehead atoms. The summed E-state index contributed by atoms with van der Waals surface area (Å²) in [5, 5.41) is 14.1. The van der Waals surface area contributed by atoms with Gasteiger partial charge in [0.1, 0.15) is 23.0 Å². The second-order valence-electron chi connectivity index (χ2n) is 9.22. The van der Waals surface area contributed by atoms with Crippen molar-refractivity contribution in [2.75, 3.05) is 30.0 Å². The van der Waals surface area contributed by atoms with E-state index < -0.39 is 51.9 Å². The van der Waals surface area contributed by atoms with E-state index in [4.69, 9.17) is 10.5 Å². The SMILES string of the molecule is NC(=O)C1C=CC=CC1(Oc1cnc2[nH]ccc2c1)S(=O)(=O)c1ccc(NN2CCS(=O)(=O)CC2)c([N+](=O)[O-])c1. The number of hydrogen-bond acceptors (Lipinski definition) is 11. The number of sulfone groups is 2. The Morgan fingerprint density at radius 3 is 2.67 bits per heavy atom. The van der Waals surface area contributed by atoms with Crippen LogP contribution in [0.3, 0.4) is 0 Å². The van der Waals surface area contributed by atoms with Crippen molar-refractivity contribution < 1.29 is 31.3 Å². The lowest BCUT2D eigenvalue weighted by Gasteiger charge is -2.36. The number of pyridine rings is 1. The van der Waals surface area contributed by atoms with Gasteiger partial charge in [-0.2, -0.15) is 0 Å². The molecule has 5 rings (SSSR count). The van der Waals surface area contributed by atoms with E-state index in [1.807, 2.05) is 0 Å². The van der Waals surface area contributed by atoms with Crippen LogP contribution in [0.4, 0.5) is 11.4 Å². The number of allylic oxidation sites excluding steroid dienone is 2. The standard InChI is InChI=1S/C24H24N6O8S2/c25-22(31)19-3-1-2-7-24(19,38-17-13-16-6-8-26-23(16)27-15-17)40(36,37)18-4-5-20(21(14-18)30(32)33)28-29-9-11-39(34,35)12-10-29/h1-8,13-15,19,28H,9-12H2,(H2,25,31)(H,26,27). The number of nitro benzene ring substituents is 1. The average Bonchev–Trinajstić information content (AvgIpc) is 3.38. The number of hydrazine groups is 1. The molecule has 40 heavy (non-hydrogen) atoms. The van der Waals surface area contributed by atoms with Crippen LogP contribution in [-0.2, 0) is 24.5 Å². The number of primary amides is 1. The van der Waals surface area contributed by atoms with Crippen LogP contribution >= 0.6 is 0 Å². The number of aromatic amines is 1. The maximum atomic E-state index is 14.2. The van der Waals surface area contributed by atoms with Gasteiger partial charge in [0.2, 0.25) is 20.7 Å². The van der Waals surface area contributed by atoms with Crippen LogP contribution in [0.1, 0.15) is 0 Å². The van der Waals surface area contributed by atoms with Gasteiger partial charge in [0.15, 0.2) is 9.84 Å². The van der Waals surface area contributed by atoms with E-state index in [9.17, 15) is 31.7 Å². The first kappa shape index (κ1) is 27.3. The summed E-state index contributed by atoms with van der Waals surface area (Å²) in [6.07, 6.45) is 8.22. The Morgan fingerprint density at radius 2 is 1.98 bits per heavy atom. The largest absolute Gasteiger partial charge is 0.464 e. The minimum atomic E-state index is -4.70. The number of nitrogens with zero attached hydrogens (tertiary/aromatic N) is 3. The number of rotatable bonds is 8. The number of hydrogen-bond donors (Lipinski definition) is 3. The number of aromatic nitrogens is 2. The molecule has 0 saturated carbocycles. The summed E-state index contributed by atoms with van der Waals surface area (Å²) in [4.78, 5) is 28.0. The predicted molar refractivity (Wildman–Crippen MR) is 145 cm³/mol. The van der Waals surface area contributed by atoms with Gasteiger partial charge in [-0.15, -0.1) is 0 Å². The topological polar surface area (TPSA) is 208 Å². The number of nitro groups is 1. The number of carbonyl (C=O) groups excluding carboxylic acids is 1. The first-order chi connectivity index (χ1) is 18.9. The lowest BCUT2D eigenvalue weighted by Crippen LogP contribution is -2.54. The van der Waals surface area contributed by atoms with Crippen LogP contribution < -0.4 is 15.9 Å². The second kappa shape index (κ2) is 10.0. The molecule has 1 aliphatic carbocycles. The quantitative estimate of drug-likeness (QED) is 0.252. The molecule has 210 valence electrons. The second-order valence-corrected chi connectivity index (χ2v) is 13.6. The zero-order valence-corrected chi connectivity index (χ0v) is 22.4. The van der Waals surface area contributed by atoms with Gasteiger partial charge in [-0.1, -0.05) is 18.2 Å². The molecule has 3 aromatic rings. The van der Waals surface area contributed by atoms with Crippen LogP contribution in [0.5, 0.6) is 5.75 Å². The molecule has 2 aliphatic rings. The summed E-state index contributed by atoms with van der Waals surface area (Å²) in [7, 11) is -7.89. The first-order valence-corrected chi connectivity index (χ1v) is 15.2.